The second-order valence-corrected chi connectivity index (χ2v) is 3.55. The first-order valence-electron chi connectivity index (χ1n) is 3.91. The van der Waals surface area contributed by atoms with Crippen LogP contribution in [0.15, 0.2) is 12.2 Å². The van der Waals surface area contributed by atoms with E-state index in [-0.39, 0.29) is 0 Å². The van der Waals surface area contributed by atoms with Crippen LogP contribution in [0.2, 0.25) is 0 Å². The van der Waals surface area contributed by atoms with E-state index < -0.39 is 35.4 Å². The zero-order valence-corrected chi connectivity index (χ0v) is 7.51. The monoisotopic (exact) mass is 236 g/mol. The van der Waals surface area contributed by atoms with Crippen molar-refractivity contribution in [2.24, 2.45) is 5.92 Å². The van der Waals surface area contributed by atoms with Gasteiger partial charge in [0.05, 0.1) is 5.92 Å². The van der Waals surface area contributed by atoms with Crippen LogP contribution in [0.1, 0.15) is 6.92 Å². The molecular formula is C8H7F7. The smallest absolute Gasteiger partial charge is 0.240 e. The van der Waals surface area contributed by atoms with E-state index in [1.165, 1.54) is 0 Å². The largest absolute Gasteiger partial charge is 0.375 e. The van der Waals surface area contributed by atoms with Crippen molar-refractivity contribution in [2.45, 2.75) is 30.9 Å². The van der Waals surface area contributed by atoms with Crippen molar-refractivity contribution in [2.75, 3.05) is 0 Å². The summed E-state index contributed by atoms with van der Waals surface area (Å²) >= 11 is 0. The maximum absolute atomic E-state index is 12.9. The van der Waals surface area contributed by atoms with E-state index >= 15 is 0 Å². The summed E-state index contributed by atoms with van der Waals surface area (Å²) in [5.41, 5.74) is -0.732. The second-order valence-electron chi connectivity index (χ2n) is 3.55. The molecule has 0 heterocycles. The number of halogens is 7. The van der Waals surface area contributed by atoms with Crippen LogP contribution >= 0.6 is 0 Å². The van der Waals surface area contributed by atoms with Gasteiger partial charge in [0.15, 0.2) is 6.17 Å². The summed E-state index contributed by atoms with van der Waals surface area (Å²) in [5.74, 6) is -19.0. The Hall–Kier alpha value is -0.750. The lowest BCUT2D eigenvalue weighted by atomic mass is 9.96. The van der Waals surface area contributed by atoms with Gasteiger partial charge in [-0.05, 0) is 6.92 Å². The van der Waals surface area contributed by atoms with Gasteiger partial charge in [-0.2, -0.15) is 26.3 Å². The van der Waals surface area contributed by atoms with Crippen molar-refractivity contribution in [1.29, 1.82) is 0 Å². The van der Waals surface area contributed by atoms with Crippen LogP contribution in [-0.4, -0.2) is 23.9 Å². The Labute approximate surface area is 80.8 Å². The van der Waals surface area contributed by atoms with E-state index in [2.05, 4.69) is 6.58 Å². The fraction of sp³-hybridized carbons (Fsp3) is 0.750. The van der Waals surface area contributed by atoms with Gasteiger partial charge in [0.1, 0.15) is 0 Å². The van der Waals surface area contributed by atoms with Gasteiger partial charge in [0.2, 0.25) is 0 Å². The standard InChI is InChI=1S/C8H7F7/c1-3(2)4-5(9)7(12,13)8(14,15)6(4,10)11/h4-5H,1H2,2H3. The molecule has 0 N–H and O–H groups in total. The quantitative estimate of drug-likeness (QED) is 0.483. The number of hydrogen-bond acceptors (Lipinski definition) is 0. The summed E-state index contributed by atoms with van der Waals surface area (Å²) in [6, 6.07) is 0. The lowest BCUT2D eigenvalue weighted by Crippen LogP contribution is -2.48. The van der Waals surface area contributed by atoms with Gasteiger partial charge in [-0.3, -0.25) is 0 Å². The molecule has 7 heteroatoms. The molecule has 0 radical (unpaired) electrons. The molecule has 88 valence electrons. The Kier molecular flexibility index (Phi) is 2.37. The minimum absolute atomic E-state index is 0.732. The maximum Gasteiger partial charge on any atom is 0.375 e. The molecule has 2 atom stereocenters. The van der Waals surface area contributed by atoms with Crippen molar-refractivity contribution < 1.29 is 30.7 Å². The third kappa shape index (κ3) is 1.21. The van der Waals surface area contributed by atoms with Gasteiger partial charge in [0.25, 0.3) is 0 Å². The average molecular weight is 236 g/mol. The molecule has 1 fully saturated rings. The van der Waals surface area contributed by atoms with E-state index in [4.69, 9.17) is 0 Å². The van der Waals surface area contributed by atoms with Crippen LogP contribution < -0.4 is 0 Å². The fourth-order valence-corrected chi connectivity index (χ4v) is 1.54. The highest BCUT2D eigenvalue weighted by molar-refractivity contribution is 5.22. The molecule has 0 aliphatic heterocycles. The topological polar surface area (TPSA) is 0 Å². The molecule has 15 heavy (non-hydrogen) atoms. The molecule has 1 aliphatic rings. The molecule has 0 nitrogen and oxygen atoms in total. The number of rotatable bonds is 1. The highest BCUT2D eigenvalue weighted by atomic mass is 19.3. The van der Waals surface area contributed by atoms with Crippen molar-refractivity contribution in [1.82, 2.24) is 0 Å². The number of alkyl halides is 7. The van der Waals surface area contributed by atoms with Crippen molar-refractivity contribution in [3.05, 3.63) is 12.2 Å². The zero-order valence-electron chi connectivity index (χ0n) is 7.51. The summed E-state index contributed by atoms with van der Waals surface area (Å²) in [5, 5.41) is 0. The van der Waals surface area contributed by atoms with Crippen LogP contribution in [-0.2, 0) is 0 Å². The Bertz CT molecular complexity index is 293. The lowest BCUT2D eigenvalue weighted by molar-refractivity contribution is -0.279. The molecule has 1 saturated carbocycles. The Balaban J connectivity index is 3.34. The summed E-state index contributed by atoms with van der Waals surface area (Å²) in [4.78, 5) is 0. The highest BCUT2D eigenvalue weighted by Gasteiger charge is 2.85. The molecule has 0 aromatic rings. The van der Waals surface area contributed by atoms with Crippen molar-refractivity contribution in [3.63, 3.8) is 0 Å². The summed E-state index contributed by atoms with van der Waals surface area (Å²) in [7, 11) is 0. The van der Waals surface area contributed by atoms with E-state index in [1.807, 2.05) is 0 Å². The van der Waals surface area contributed by atoms with Crippen LogP contribution in [0.3, 0.4) is 0 Å². The van der Waals surface area contributed by atoms with E-state index in [0.717, 1.165) is 6.92 Å². The molecule has 1 rings (SSSR count). The molecule has 0 aromatic carbocycles. The molecule has 2 unspecified atom stereocenters. The predicted molar refractivity (Wildman–Crippen MR) is 38.0 cm³/mol. The average Bonchev–Trinajstić information content (AvgIpc) is 2.08. The summed E-state index contributed by atoms with van der Waals surface area (Å²) in [6.07, 6.45) is -3.63. The molecule has 1 aliphatic carbocycles. The third-order valence-electron chi connectivity index (χ3n) is 2.40. The zero-order chi connectivity index (χ0) is 12.2. The maximum atomic E-state index is 12.9. The van der Waals surface area contributed by atoms with Gasteiger partial charge < -0.3 is 0 Å². The minimum Gasteiger partial charge on any atom is -0.240 e. The van der Waals surface area contributed by atoms with Crippen molar-refractivity contribution >= 4 is 0 Å². The molecule has 0 aromatic heterocycles. The highest BCUT2D eigenvalue weighted by Crippen LogP contribution is 2.61. The Morgan fingerprint density at radius 3 is 1.53 bits per heavy atom. The van der Waals surface area contributed by atoms with Crippen LogP contribution in [0.5, 0.6) is 0 Å². The van der Waals surface area contributed by atoms with E-state index in [1.54, 1.807) is 0 Å². The van der Waals surface area contributed by atoms with Crippen LogP contribution in [0, 0.1) is 5.92 Å². The number of hydrogen-bond donors (Lipinski definition) is 0. The Morgan fingerprint density at radius 2 is 1.40 bits per heavy atom. The van der Waals surface area contributed by atoms with Crippen LogP contribution in [0.25, 0.3) is 0 Å². The summed E-state index contributed by atoms with van der Waals surface area (Å²) in [6.45, 7) is 3.64. The predicted octanol–water partition coefficient (Wildman–Crippen LogP) is 3.44. The first-order chi connectivity index (χ1) is 6.48. The molecule has 0 amide bonds. The van der Waals surface area contributed by atoms with Crippen molar-refractivity contribution in [3.8, 4) is 0 Å². The number of allylic oxidation sites excluding steroid dienone is 1. The molecular weight excluding hydrogens is 229 g/mol. The van der Waals surface area contributed by atoms with Gasteiger partial charge in [0, 0.05) is 0 Å². The SMILES string of the molecule is C=C(C)C1C(F)C(F)(F)C(F)(F)C1(F)F. The van der Waals surface area contributed by atoms with Gasteiger partial charge >= 0.3 is 17.8 Å². The Morgan fingerprint density at radius 1 is 1.00 bits per heavy atom. The second kappa shape index (κ2) is 2.89. The molecule has 0 saturated heterocycles. The van der Waals surface area contributed by atoms with Crippen LogP contribution in [0.4, 0.5) is 30.7 Å². The first kappa shape index (κ1) is 12.3. The minimum atomic E-state index is -5.69. The third-order valence-corrected chi connectivity index (χ3v) is 2.40. The fourth-order valence-electron chi connectivity index (χ4n) is 1.54. The normalized spacial score (nSPS) is 36.5. The molecule has 0 bridgehead atoms. The van der Waals surface area contributed by atoms with Gasteiger partial charge in [-0.15, -0.1) is 0 Å². The summed E-state index contributed by atoms with van der Waals surface area (Å²) < 4.78 is 88.9. The van der Waals surface area contributed by atoms with E-state index in [0.29, 0.717) is 0 Å². The lowest BCUT2D eigenvalue weighted by Gasteiger charge is -2.24. The van der Waals surface area contributed by atoms with E-state index in [9.17, 15) is 30.7 Å². The van der Waals surface area contributed by atoms with Gasteiger partial charge in [-0.25, -0.2) is 4.39 Å². The first-order valence-corrected chi connectivity index (χ1v) is 3.91. The van der Waals surface area contributed by atoms with Gasteiger partial charge in [-0.1, -0.05) is 12.2 Å². The molecule has 0 spiro atoms.